The molecule has 3 rings (SSSR count). The summed E-state index contributed by atoms with van der Waals surface area (Å²) >= 11 is 0. The van der Waals surface area contributed by atoms with Gasteiger partial charge in [0.2, 0.25) is 5.91 Å². The van der Waals surface area contributed by atoms with Gasteiger partial charge in [0.05, 0.1) is 7.11 Å². The van der Waals surface area contributed by atoms with Crippen LogP contribution in [0.4, 0.5) is 10.5 Å². The third-order valence-electron chi connectivity index (χ3n) is 6.28. The number of alkyl carbamates (subject to hydrolysis) is 1. The van der Waals surface area contributed by atoms with E-state index in [0.717, 1.165) is 11.1 Å². The summed E-state index contributed by atoms with van der Waals surface area (Å²) in [5, 5.41) is 5.69. The number of hydrogen-bond acceptors (Lipinski definition) is 5. The van der Waals surface area contributed by atoms with Crippen molar-refractivity contribution in [1.29, 1.82) is 0 Å². The minimum Gasteiger partial charge on any atom is -0.497 e. The molecule has 0 spiro atoms. The summed E-state index contributed by atoms with van der Waals surface area (Å²) in [4.78, 5) is 42.4. The van der Waals surface area contributed by atoms with Crippen molar-refractivity contribution in [2.45, 2.75) is 51.8 Å². The fraction of sp³-hybridized carbons (Fsp3) is 0.303. The summed E-state index contributed by atoms with van der Waals surface area (Å²) in [5.74, 6) is -0.163. The van der Waals surface area contributed by atoms with E-state index in [1.807, 2.05) is 48.5 Å². The van der Waals surface area contributed by atoms with Crippen molar-refractivity contribution in [2.24, 2.45) is 0 Å². The first kappa shape index (κ1) is 30.9. The first-order chi connectivity index (χ1) is 19.5. The highest BCUT2D eigenvalue weighted by molar-refractivity contribution is 5.99. The Morgan fingerprint density at radius 2 is 1.66 bits per heavy atom. The fourth-order valence-electron chi connectivity index (χ4n) is 4.38. The van der Waals surface area contributed by atoms with Gasteiger partial charge in [-0.05, 0) is 74.7 Å². The molecular formula is C33H39N3O5. The Morgan fingerprint density at radius 3 is 2.24 bits per heavy atom. The number of hydrogen-bond donors (Lipinski definition) is 2. The Kier molecular flexibility index (Phi) is 10.7. The maximum absolute atomic E-state index is 14.2. The minimum absolute atomic E-state index is 0.207. The molecule has 8 heteroatoms. The number of nitrogens with one attached hydrogen (secondary N) is 2. The third kappa shape index (κ3) is 8.96. The molecular weight excluding hydrogens is 518 g/mol. The SMILES string of the molecule is C=Cc1cccc(C(C(=O)Nc2ccc(OC)cc2)N(CC)C(=O)C(Cc2ccccc2)NC(=O)OC(C)(C)C)c1. The Bertz CT molecular complexity index is 1330. The van der Waals surface area contributed by atoms with Crippen LogP contribution in [0, 0.1) is 0 Å². The molecule has 0 aromatic heterocycles. The van der Waals surface area contributed by atoms with Gasteiger partial charge in [0.25, 0.3) is 5.91 Å². The molecule has 3 aromatic rings. The van der Waals surface area contributed by atoms with Crippen LogP contribution in [-0.2, 0) is 20.7 Å². The van der Waals surface area contributed by atoms with E-state index in [2.05, 4.69) is 17.2 Å². The lowest BCUT2D eigenvalue weighted by atomic mass is 9.99. The van der Waals surface area contributed by atoms with Crippen molar-refractivity contribution in [3.8, 4) is 5.75 Å². The van der Waals surface area contributed by atoms with Gasteiger partial charge >= 0.3 is 6.09 Å². The predicted octanol–water partition coefficient (Wildman–Crippen LogP) is 6.00. The molecule has 2 atom stereocenters. The number of carbonyl (C=O) groups is 3. The lowest BCUT2D eigenvalue weighted by Crippen LogP contribution is -2.53. The molecule has 0 saturated carbocycles. The molecule has 3 aromatic carbocycles. The Labute approximate surface area is 242 Å². The van der Waals surface area contributed by atoms with E-state index in [0.29, 0.717) is 17.0 Å². The second-order valence-corrected chi connectivity index (χ2v) is 10.5. The fourth-order valence-corrected chi connectivity index (χ4v) is 4.38. The molecule has 2 unspecified atom stereocenters. The van der Waals surface area contributed by atoms with Crippen LogP contribution in [0.2, 0.25) is 0 Å². The van der Waals surface area contributed by atoms with Gasteiger partial charge in [-0.25, -0.2) is 4.79 Å². The van der Waals surface area contributed by atoms with Crippen LogP contribution in [-0.4, -0.2) is 48.1 Å². The number of anilines is 1. The first-order valence-corrected chi connectivity index (χ1v) is 13.6. The number of carbonyl (C=O) groups excluding carboxylic acids is 3. The summed E-state index contributed by atoms with van der Waals surface area (Å²) in [7, 11) is 1.57. The average molecular weight is 558 g/mol. The average Bonchev–Trinajstić information content (AvgIpc) is 2.95. The number of amides is 3. The molecule has 0 radical (unpaired) electrons. The summed E-state index contributed by atoms with van der Waals surface area (Å²) in [5.41, 5.74) is 2.07. The maximum atomic E-state index is 14.2. The van der Waals surface area contributed by atoms with Gasteiger partial charge in [0.1, 0.15) is 23.4 Å². The smallest absolute Gasteiger partial charge is 0.408 e. The molecule has 0 saturated heterocycles. The lowest BCUT2D eigenvalue weighted by Gasteiger charge is -2.34. The van der Waals surface area contributed by atoms with Gasteiger partial charge in [-0.1, -0.05) is 61.2 Å². The van der Waals surface area contributed by atoms with E-state index < -0.39 is 35.6 Å². The summed E-state index contributed by atoms with van der Waals surface area (Å²) in [6.45, 7) is 11.1. The highest BCUT2D eigenvalue weighted by Gasteiger charge is 2.35. The van der Waals surface area contributed by atoms with Crippen molar-refractivity contribution in [2.75, 3.05) is 19.0 Å². The Hall–Kier alpha value is -4.59. The maximum Gasteiger partial charge on any atom is 0.408 e. The Balaban J connectivity index is 2.01. The zero-order chi connectivity index (χ0) is 30.0. The molecule has 0 heterocycles. The van der Waals surface area contributed by atoms with E-state index in [-0.39, 0.29) is 13.0 Å². The molecule has 2 N–H and O–H groups in total. The van der Waals surface area contributed by atoms with Crippen LogP contribution in [0.1, 0.15) is 50.4 Å². The highest BCUT2D eigenvalue weighted by Crippen LogP contribution is 2.26. The van der Waals surface area contributed by atoms with Crippen molar-refractivity contribution in [1.82, 2.24) is 10.2 Å². The van der Waals surface area contributed by atoms with Crippen LogP contribution >= 0.6 is 0 Å². The van der Waals surface area contributed by atoms with Crippen LogP contribution in [0.5, 0.6) is 5.75 Å². The molecule has 0 aliphatic rings. The van der Waals surface area contributed by atoms with E-state index in [9.17, 15) is 14.4 Å². The second-order valence-electron chi connectivity index (χ2n) is 10.5. The predicted molar refractivity (Wildman–Crippen MR) is 162 cm³/mol. The van der Waals surface area contributed by atoms with Crippen LogP contribution < -0.4 is 15.4 Å². The Morgan fingerprint density at radius 1 is 0.976 bits per heavy atom. The van der Waals surface area contributed by atoms with Gasteiger partial charge in [0, 0.05) is 18.7 Å². The summed E-state index contributed by atoms with van der Waals surface area (Å²) in [6.07, 6.45) is 1.19. The number of likely N-dealkylation sites (N-methyl/N-ethyl adjacent to an activating group) is 1. The second kappa shape index (κ2) is 14.2. The zero-order valence-electron chi connectivity index (χ0n) is 24.3. The highest BCUT2D eigenvalue weighted by atomic mass is 16.6. The van der Waals surface area contributed by atoms with Gasteiger partial charge < -0.3 is 25.0 Å². The van der Waals surface area contributed by atoms with Crippen molar-refractivity contribution in [3.05, 3.63) is 102 Å². The number of nitrogens with zero attached hydrogens (tertiary/aromatic N) is 1. The topological polar surface area (TPSA) is 97.0 Å². The lowest BCUT2D eigenvalue weighted by molar-refractivity contribution is -0.140. The number of benzene rings is 3. The largest absolute Gasteiger partial charge is 0.497 e. The third-order valence-corrected chi connectivity index (χ3v) is 6.28. The molecule has 0 fully saturated rings. The normalized spacial score (nSPS) is 12.4. The van der Waals surface area contributed by atoms with E-state index in [4.69, 9.17) is 9.47 Å². The molecule has 0 bridgehead atoms. The summed E-state index contributed by atoms with van der Waals surface area (Å²) < 4.78 is 10.7. The molecule has 41 heavy (non-hydrogen) atoms. The number of ether oxygens (including phenoxy) is 2. The standard InChI is InChI=1S/C33H39N3O5/c1-7-23-15-12-16-25(21-23)29(30(37)34-26-17-19-27(40-6)20-18-26)36(8-2)31(38)28(22-24-13-10-9-11-14-24)35-32(39)41-33(3,4)5/h7,9-21,28-29H,1,8,22H2,2-6H3,(H,34,37)(H,35,39). The molecule has 0 aliphatic carbocycles. The summed E-state index contributed by atoms with van der Waals surface area (Å²) in [6, 6.07) is 21.7. The van der Waals surface area contributed by atoms with Gasteiger partial charge in [-0.2, -0.15) is 0 Å². The van der Waals surface area contributed by atoms with E-state index in [1.165, 1.54) is 4.90 Å². The van der Waals surface area contributed by atoms with Crippen molar-refractivity contribution >= 4 is 29.7 Å². The minimum atomic E-state index is -0.992. The van der Waals surface area contributed by atoms with E-state index >= 15 is 0 Å². The molecule has 0 aliphatic heterocycles. The monoisotopic (exact) mass is 557 g/mol. The quantitative estimate of drug-likeness (QED) is 0.301. The van der Waals surface area contributed by atoms with Crippen LogP contribution in [0.25, 0.3) is 6.08 Å². The van der Waals surface area contributed by atoms with Crippen LogP contribution in [0.3, 0.4) is 0 Å². The molecule has 216 valence electrons. The molecule has 3 amide bonds. The van der Waals surface area contributed by atoms with Gasteiger partial charge in [0.15, 0.2) is 0 Å². The van der Waals surface area contributed by atoms with Crippen LogP contribution in [0.15, 0.2) is 85.4 Å². The zero-order valence-corrected chi connectivity index (χ0v) is 24.3. The number of rotatable bonds is 11. The van der Waals surface area contributed by atoms with Crippen molar-refractivity contribution < 1.29 is 23.9 Å². The number of methoxy groups -OCH3 is 1. The van der Waals surface area contributed by atoms with Gasteiger partial charge in [-0.3, -0.25) is 9.59 Å². The molecule has 8 nitrogen and oxygen atoms in total. The first-order valence-electron chi connectivity index (χ1n) is 13.6. The van der Waals surface area contributed by atoms with Gasteiger partial charge in [-0.15, -0.1) is 0 Å². The van der Waals surface area contributed by atoms with E-state index in [1.54, 1.807) is 71.2 Å². The van der Waals surface area contributed by atoms with Crippen molar-refractivity contribution in [3.63, 3.8) is 0 Å².